The molecular formula is C14H20N2O2. The first-order valence-electron chi connectivity index (χ1n) is 6.40. The van der Waals surface area contributed by atoms with Gasteiger partial charge in [-0.15, -0.1) is 0 Å². The van der Waals surface area contributed by atoms with Crippen LogP contribution in [0, 0.1) is 11.3 Å². The third-order valence-electron chi connectivity index (χ3n) is 3.73. The van der Waals surface area contributed by atoms with Crippen LogP contribution in [0.25, 0.3) is 0 Å². The topological polar surface area (TPSA) is 62.2 Å². The lowest BCUT2D eigenvalue weighted by Gasteiger charge is -2.09. The van der Waals surface area contributed by atoms with Crippen molar-refractivity contribution in [3.63, 3.8) is 0 Å². The molecule has 1 aliphatic carbocycles. The SMILES string of the molecule is CCc1cc(C(=O)O)cc(NCC2CC2(C)C)n1. The molecule has 1 aromatic rings. The van der Waals surface area contributed by atoms with Crippen molar-refractivity contribution in [2.75, 3.05) is 11.9 Å². The maximum Gasteiger partial charge on any atom is 0.335 e. The molecule has 1 fully saturated rings. The van der Waals surface area contributed by atoms with Gasteiger partial charge in [0.05, 0.1) is 5.56 Å². The van der Waals surface area contributed by atoms with Gasteiger partial charge in [-0.25, -0.2) is 9.78 Å². The standard InChI is InChI=1S/C14H20N2O2/c1-4-11-5-9(13(17)18)6-12(16-11)15-8-10-7-14(10,2)3/h5-6,10H,4,7-8H2,1-3H3,(H,15,16)(H,17,18). The van der Waals surface area contributed by atoms with E-state index in [4.69, 9.17) is 5.11 Å². The van der Waals surface area contributed by atoms with Crippen LogP contribution >= 0.6 is 0 Å². The molecule has 0 aromatic carbocycles. The number of hydrogen-bond donors (Lipinski definition) is 2. The maximum atomic E-state index is 11.0. The molecule has 4 heteroatoms. The number of aromatic carboxylic acids is 1. The molecule has 0 bridgehead atoms. The van der Waals surface area contributed by atoms with Gasteiger partial charge in [-0.2, -0.15) is 0 Å². The number of carbonyl (C=O) groups is 1. The summed E-state index contributed by atoms with van der Waals surface area (Å²) in [6, 6.07) is 3.24. The van der Waals surface area contributed by atoms with Gasteiger partial charge in [-0.05, 0) is 36.3 Å². The Morgan fingerprint density at radius 1 is 1.56 bits per heavy atom. The van der Waals surface area contributed by atoms with Crippen LogP contribution in [0.1, 0.15) is 43.2 Å². The zero-order chi connectivity index (χ0) is 13.3. The zero-order valence-electron chi connectivity index (χ0n) is 11.2. The molecule has 1 unspecified atom stereocenters. The summed E-state index contributed by atoms with van der Waals surface area (Å²) in [5.74, 6) is 0.439. The second-order valence-corrected chi connectivity index (χ2v) is 5.66. The molecule has 1 atom stereocenters. The summed E-state index contributed by atoms with van der Waals surface area (Å²) in [6.45, 7) is 7.34. The largest absolute Gasteiger partial charge is 0.478 e. The van der Waals surface area contributed by atoms with E-state index in [1.54, 1.807) is 12.1 Å². The Morgan fingerprint density at radius 2 is 2.22 bits per heavy atom. The van der Waals surface area contributed by atoms with Crippen molar-refractivity contribution in [3.05, 3.63) is 23.4 Å². The van der Waals surface area contributed by atoms with Crippen LogP contribution < -0.4 is 5.32 Å². The first-order valence-corrected chi connectivity index (χ1v) is 6.40. The van der Waals surface area contributed by atoms with Crippen LogP contribution in [-0.4, -0.2) is 22.6 Å². The Kier molecular flexibility index (Phi) is 3.28. The summed E-state index contributed by atoms with van der Waals surface area (Å²) in [5.41, 5.74) is 1.54. The third-order valence-corrected chi connectivity index (χ3v) is 3.73. The van der Waals surface area contributed by atoms with Gasteiger partial charge >= 0.3 is 5.97 Å². The molecule has 0 aliphatic heterocycles. The minimum Gasteiger partial charge on any atom is -0.478 e. The second kappa shape index (κ2) is 4.59. The lowest BCUT2D eigenvalue weighted by Crippen LogP contribution is -2.10. The highest BCUT2D eigenvalue weighted by Gasteiger charge is 2.44. The van der Waals surface area contributed by atoms with E-state index in [-0.39, 0.29) is 0 Å². The van der Waals surface area contributed by atoms with Crippen molar-refractivity contribution in [1.29, 1.82) is 0 Å². The molecule has 1 heterocycles. The Morgan fingerprint density at radius 3 is 2.72 bits per heavy atom. The third kappa shape index (κ3) is 2.81. The fourth-order valence-electron chi connectivity index (χ4n) is 2.14. The van der Waals surface area contributed by atoms with E-state index in [1.807, 2.05) is 6.92 Å². The molecule has 0 radical (unpaired) electrons. The van der Waals surface area contributed by atoms with E-state index in [1.165, 1.54) is 6.42 Å². The van der Waals surface area contributed by atoms with E-state index < -0.39 is 5.97 Å². The van der Waals surface area contributed by atoms with Crippen LogP contribution in [0.5, 0.6) is 0 Å². The quantitative estimate of drug-likeness (QED) is 0.841. The van der Waals surface area contributed by atoms with Gasteiger partial charge in [0.15, 0.2) is 0 Å². The first-order chi connectivity index (χ1) is 8.42. The number of aryl methyl sites for hydroxylation is 1. The normalized spacial score (nSPS) is 20.5. The monoisotopic (exact) mass is 248 g/mol. The Labute approximate surface area is 107 Å². The number of nitrogens with one attached hydrogen (secondary N) is 1. The van der Waals surface area contributed by atoms with E-state index in [0.717, 1.165) is 18.7 Å². The average Bonchev–Trinajstić information content (AvgIpc) is 2.94. The fourth-order valence-corrected chi connectivity index (χ4v) is 2.14. The van der Waals surface area contributed by atoms with E-state index in [2.05, 4.69) is 24.1 Å². The molecule has 2 N–H and O–H groups in total. The Bertz CT molecular complexity index is 469. The lowest BCUT2D eigenvalue weighted by molar-refractivity contribution is 0.0696. The molecule has 1 saturated carbocycles. The predicted octanol–water partition coefficient (Wildman–Crippen LogP) is 2.80. The van der Waals surface area contributed by atoms with Gasteiger partial charge in [0.2, 0.25) is 0 Å². The number of pyridine rings is 1. The molecular weight excluding hydrogens is 228 g/mol. The minimum absolute atomic E-state index is 0.305. The summed E-state index contributed by atoms with van der Waals surface area (Å²) in [5, 5.41) is 12.3. The van der Waals surface area contributed by atoms with E-state index >= 15 is 0 Å². The van der Waals surface area contributed by atoms with Crippen LogP contribution in [0.2, 0.25) is 0 Å². The summed E-state index contributed by atoms with van der Waals surface area (Å²) >= 11 is 0. The van der Waals surface area contributed by atoms with Crippen molar-refractivity contribution < 1.29 is 9.90 Å². The highest BCUT2D eigenvalue weighted by atomic mass is 16.4. The predicted molar refractivity (Wildman–Crippen MR) is 71.0 cm³/mol. The first kappa shape index (κ1) is 12.9. The number of nitrogens with zero attached hydrogens (tertiary/aromatic N) is 1. The van der Waals surface area contributed by atoms with Gasteiger partial charge in [-0.3, -0.25) is 0 Å². The van der Waals surface area contributed by atoms with Crippen molar-refractivity contribution in [1.82, 2.24) is 4.98 Å². The molecule has 4 nitrogen and oxygen atoms in total. The van der Waals surface area contributed by atoms with E-state index in [9.17, 15) is 4.79 Å². The van der Waals surface area contributed by atoms with Crippen molar-refractivity contribution in [2.24, 2.45) is 11.3 Å². The fraction of sp³-hybridized carbons (Fsp3) is 0.571. The van der Waals surface area contributed by atoms with Crippen LogP contribution in [-0.2, 0) is 6.42 Å². The number of hydrogen-bond acceptors (Lipinski definition) is 3. The van der Waals surface area contributed by atoms with Crippen LogP contribution in [0.15, 0.2) is 12.1 Å². The second-order valence-electron chi connectivity index (χ2n) is 5.66. The molecule has 98 valence electrons. The van der Waals surface area contributed by atoms with Gasteiger partial charge in [0.1, 0.15) is 5.82 Å². The lowest BCUT2D eigenvalue weighted by atomic mass is 10.1. The number of carboxylic acid groups (broad SMARTS) is 1. The van der Waals surface area contributed by atoms with Crippen molar-refractivity contribution in [2.45, 2.75) is 33.6 Å². The van der Waals surface area contributed by atoms with Gasteiger partial charge in [-0.1, -0.05) is 20.8 Å². The smallest absolute Gasteiger partial charge is 0.335 e. The summed E-state index contributed by atoms with van der Waals surface area (Å²) < 4.78 is 0. The highest BCUT2D eigenvalue weighted by Crippen LogP contribution is 2.51. The zero-order valence-corrected chi connectivity index (χ0v) is 11.2. The number of rotatable bonds is 5. The molecule has 0 amide bonds. The summed E-state index contributed by atoms with van der Waals surface area (Å²) in [7, 11) is 0. The Balaban J connectivity index is 2.07. The van der Waals surface area contributed by atoms with Gasteiger partial charge in [0.25, 0.3) is 0 Å². The minimum atomic E-state index is -0.901. The molecule has 0 spiro atoms. The highest BCUT2D eigenvalue weighted by molar-refractivity contribution is 5.88. The van der Waals surface area contributed by atoms with Crippen LogP contribution in [0.3, 0.4) is 0 Å². The molecule has 1 aliphatic rings. The number of aromatic nitrogens is 1. The van der Waals surface area contributed by atoms with Crippen LogP contribution in [0.4, 0.5) is 5.82 Å². The maximum absolute atomic E-state index is 11.0. The molecule has 1 aromatic heterocycles. The average molecular weight is 248 g/mol. The van der Waals surface area contributed by atoms with Gasteiger partial charge < -0.3 is 10.4 Å². The Hall–Kier alpha value is -1.58. The molecule has 0 saturated heterocycles. The number of anilines is 1. The summed E-state index contributed by atoms with van der Waals surface area (Å²) in [4.78, 5) is 15.4. The number of carboxylic acids is 1. The molecule has 2 rings (SSSR count). The van der Waals surface area contributed by atoms with Gasteiger partial charge in [0, 0.05) is 12.2 Å². The molecule has 18 heavy (non-hydrogen) atoms. The summed E-state index contributed by atoms with van der Waals surface area (Å²) in [6.07, 6.45) is 1.96. The van der Waals surface area contributed by atoms with Crippen molar-refractivity contribution in [3.8, 4) is 0 Å². The van der Waals surface area contributed by atoms with Crippen molar-refractivity contribution >= 4 is 11.8 Å². The van der Waals surface area contributed by atoms with E-state index in [0.29, 0.717) is 22.7 Å².